The zero-order chi connectivity index (χ0) is 23.1. The molecule has 0 saturated carbocycles. The summed E-state index contributed by atoms with van der Waals surface area (Å²) in [7, 11) is 0. The number of pyridine rings is 1. The Kier molecular flexibility index (Phi) is 5.32. The van der Waals surface area contributed by atoms with Crippen LogP contribution in [-0.4, -0.2) is 31.1 Å². The van der Waals surface area contributed by atoms with Gasteiger partial charge in [0.15, 0.2) is 5.65 Å². The van der Waals surface area contributed by atoms with Gasteiger partial charge in [0.25, 0.3) is 0 Å². The van der Waals surface area contributed by atoms with Crippen LogP contribution in [0.5, 0.6) is 0 Å². The van der Waals surface area contributed by atoms with Crippen LogP contribution in [0.2, 0.25) is 0 Å². The van der Waals surface area contributed by atoms with Gasteiger partial charge in [-0.1, -0.05) is 25.5 Å². The smallest absolute Gasteiger partial charge is 0.161 e. The Balaban J connectivity index is 1.50. The zero-order valence-electron chi connectivity index (χ0n) is 19.3. The lowest BCUT2D eigenvalue weighted by Gasteiger charge is -2.12. The van der Waals surface area contributed by atoms with Gasteiger partial charge in [-0.3, -0.25) is 4.98 Å². The lowest BCUT2D eigenvalue weighted by Crippen LogP contribution is -2.10. The van der Waals surface area contributed by atoms with E-state index in [0.29, 0.717) is 11.3 Å². The summed E-state index contributed by atoms with van der Waals surface area (Å²) in [4.78, 5) is 12.3. The van der Waals surface area contributed by atoms with Gasteiger partial charge in [-0.15, -0.1) is 0 Å². The maximum absolute atomic E-state index is 13.8. The van der Waals surface area contributed by atoms with Crippen molar-refractivity contribution in [3.63, 3.8) is 0 Å². The zero-order valence-corrected chi connectivity index (χ0v) is 19.3. The summed E-state index contributed by atoms with van der Waals surface area (Å²) in [6, 6.07) is 9.86. The van der Waals surface area contributed by atoms with Crippen molar-refractivity contribution in [1.82, 2.24) is 24.6 Å². The van der Waals surface area contributed by atoms with Crippen molar-refractivity contribution < 1.29 is 4.39 Å². The van der Waals surface area contributed by atoms with Gasteiger partial charge in [0.2, 0.25) is 0 Å². The van der Waals surface area contributed by atoms with Gasteiger partial charge in [0.1, 0.15) is 11.6 Å². The summed E-state index contributed by atoms with van der Waals surface area (Å²) >= 11 is 0. The molecule has 168 valence electrons. The van der Waals surface area contributed by atoms with E-state index in [0.717, 1.165) is 35.5 Å². The van der Waals surface area contributed by atoms with Crippen molar-refractivity contribution in [2.75, 3.05) is 11.9 Å². The van der Waals surface area contributed by atoms with E-state index < -0.39 is 0 Å². The Morgan fingerprint density at radius 3 is 2.73 bits per heavy atom. The number of aromatic nitrogens is 5. The molecule has 0 spiro atoms. The van der Waals surface area contributed by atoms with Crippen LogP contribution >= 0.6 is 0 Å². The molecular weight excluding hydrogens is 415 g/mol. The van der Waals surface area contributed by atoms with Gasteiger partial charge >= 0.3 is 0 Å². The summed E-state index contributed by atoms with van der Waals surface area (Å²) in [6.45, 7) is 9.18. The molecule has 0 aliphatic heterocycles. The van der Waals surface area contributed by atoms with E-state index in [-0.39, 0.29) is 11.7 Å². The molecule has 5 aromatic rings. The molecule has 1 aromatic carbocycles. The van der Waals surface area contributed by atoms with Crippen molar-refractivity contribution in [2.24, 2.45) is 0 Å². The van der Waals surface area contributed by atoms with E-state index >= 15 is 0 Å². The number of rotatable bonds is 6. The average Bonchev–Trinajstić information content (AvgIpc) is 3.35. The maximum atomic E-state index is 13.8. The third-order valence-electron chi connectivity index (χ3n) is 6.08. The summed E-state index contributed by atoms with van der Waals surface area (Å²) in [5.74, 6) is 0.701. The van der Waals surface area contributed by atoms with Crippen LogP contribution in [-0.2, 0) is 6.42 Å². The van der Waals surface area contributed by atoms with E-state index in [4.69, 9.17) is 4.98 Å². The van der Waals surface area contributed by atoms with Crippen LogP contribution in [0.15, 0.2) is 48.9 Å². The van der Waals surface area contributed by atoms with Crippen LogP contribution in [0.25, 0.3) is 27.8 Å². The van der Waals surface area contributed by atoms with Crippen LogP contribution in [0.4, 0.5) is 10.2 Å². The van der Waals surface area contributed by atoms with E-state index in [1.54, 1.807) is 6.20 Å². The third-order valence-corrected chi connectivity index (χ3v) is 6.08. The number of benzene rings is 1. The van der Waals surface area contributed by atoms with Gasteiger partial charge in [-0.2, -0.15) is 9.61 Å². The topological polar surface area (TPSA) is 70.9 Å². The number of anilines is 1. The molecule has 0 amide bonds. The number of nitrogens with one attached hydrogen (secondary N) is 2. The van der Waals surface area contributed by atoms with E-state index in [2.05, 4.69) is 66.3 Å². The predicted octanol–water partition coefficient (Wildman–Crippen LogP) is 5.81. The maximum Gasteiger partial charge on any atom is 0.161 e. The van der Waals surface area contributed by atoms with Crippen molar-refractivity contribution in [2.45, 2.75) is 40.0 Å². The minimum absolute atomic E-state index is 0.265. The van der Waals surface area contributed by atoms with E-state index in [1.165, 1.54) is 34.5 Å². The minimum Gasteiger partial charge on any atom is -0.370 e. The Bertz CT molecular complexity index is 1460. The molecule has 0 radical (unpaired) electrons. The van der Waals surface area contributed by atoms with Gasteiger partial charge < -0.3 is 10.3 Å². The summed E-state index contributed by atoms with van der Waals surface area (Å²) < 4.78 is 15.7. The first-order chi connectivity index (χ1) is 15.9. The SMILES string of the molecule is Cc1ccc2[nH]c(C)c(CCNc3cc(-c4cncc(F)c4)nc4c(C(C)C)cnn34)c2c1. The van der Waals surface area contributed by atoms with E-state index in [1.807, 2.05) is 16.8 Å². The number of hydrogen-bond donors (Lipinski definition) is 2. The fourth-order valence-electron chi connectivity index (χ4n) is 4.35. The third kappa shape index (κ3) is 3.95. The number of H-pyrrole nitrogens is 1. The molecule has 33 heavy (non-hydrogen) atoms. The fraction of sp³-hybridized carbons (Fsp3) is 0.269. The second-order valence-electron chi connectivity index (χ2n) is 8.86. The Morgan fingerprint density at radius 2 is 1.94 bits per heavy atom. The quantitative estimate of drug-likeness (QED) is 0.348. The number of nitrogens with zero attached hydrogens (tertiary/aromatic N) is 4. The highest BCUT2D eigenvalue weighted by atomic mass is 19.1. The van der Waals surface area contributed by atoms with Crippen molar-refractivity contribution >= 4 is 22.4 Å². The van der Waals surface area contributed by atoms with Crippen LogP contribution < -0.4 is 5.32 Å². The summed E-state index contributed by atoms with van der Waals surface area (Å²) in [5, 5.41) is 9.39. The van der Waals surface area contributed by atoms with Gasteiger partial charge in [-0.05, 0) is 49.9 Å². The Morgan fingerprint density at radius 1 is 1.09 bits per heavy atom. The first-order valence-corrected chi connectivity index (χ1v) is 11.2. The van der Waals surface area contributed by atoms with Crippen molar-refractivity contribution in [1.29, 1.82) is 0 Å². The van der Waals surface area contributed by atoms with E-state index in [9.17, 15) is 4.39 Å². The summed E-state index contributed by atoms with van der Waals surface area (Å²) in [5.41, 5.74) is 8.03. The van der Waals surface area contributed by atoms with Gasteiger partial charge in [0, 0.05) is 46.5 Å². The lowest BCUT2D eigenvalue weighted by molar-refractivity contribution is 0.622. The average molecular weight is 443 g/mol. The summed E-state index contributed by atoms with van der Waals surface area (Å²) in [6.07, 6.45) is 5.55. The Labute approximate surface area is 191 Å². The highest BCUT2D eigenvalue weighted by molar-refractivity contribution is 5.85. The minimum atomic E-state index is -0.383. The normalized spacial score (nSPS) is 11.7. The second kappa shape index (κ2) is 8.31. The number of aryl methyl sites for hydroxylation is 2. The Hall–Kier alpha value is -3.74. The molecule has 6 nitrogen and oxygen atoms in total. The number of hydrogen-bond acceptors (Lipinski definition) is 4. The molecule has 0 atom stereocenters. The molecule has 5 rings (SSSR count). The molecule has 4 aromatic heterocycles. The number of halogens is 1. The predicted molar refractivity (Wildman–Crippen MR) is 130 cm³/mol. The number of fused-ring (bicyclic) bond motifs is 2. The first kappa shape index (κ1) is 21.1. The molecule has 0 fully saturated rings. The molecular formula is C26H27FN6. The largest absolute Gasteiger partial charge is 0.370 e. The molecule has 0 saturated heterocycles. The standard InChI is InChI=1S/C26H27FN6/c1-15(2)22-14-30-33-25(11-24(32-26(22)33)18-10-19(27)13-28-12-18)29-8-7-20-17(4)31-23-6-5-16(3)9-21(20)23/h5-6,9-15,29,31H,7-8H2,1-4H3. The van der Waals surface area contributed by atoms with Gasteiger partial charge in [-0.25, -0.2) is 9.37 Å². The first-order valence-electron chi connectivity index (χ1n) is 11.2. The molecule has 0 aliphatic rings. The van der Waals surface area contributed by atoms with Crippen molar-refractivity contribution in [3.05, 3.63) is 77.1 Å². The monoisotopic (exact) mass is 442 g/mol. The molecule has 0 bridgehead atoms. The lowest BCUT2D eigenvalue weighted by atomic mass is 10.1. The molecule has 0 aliphatic carbocycles. The highest BCUT2D eigenvalue weighted by Gasteiger charge is 2.16. The molecule has 4 heterocycles. The number of aromatic amines is 1. The fourth-order valence-corrected chi connectivity index (χ4v) is 4.35. The van der Waals surface area contributed by atoms with Crippen LogP contribution in [0.3, 0.4) is 0 Å². The van der Waals surface area contributed by atoms with Crippen molar-refractivity contribution in [3.8, 4) is 11.3 Å². The second-order valence-corrected chi connectivity index (χ2v) is 8.86. The van der Waals surface area contributed by atoms with Crippen LogP contribution in [0, 0.1) is 19.7 Å². The van der Waals surface area contributed by atoms with Gasteiger partial charge in [0.05, 0.1) is 18.1 Å². The van der Waals surface area contributed by atoms with Crippen LogP contribution in [0.1, 0.15) is 42.1 Å². The molecule has 2 N–H and O–H groups in total. The molecule has 7 heteroatoms. The highest BCUT2D eigenvalue weighted by Crippen LogP contribution is 2.28. The molecule has 0 unspecified atom stereocenters.